The normalized spacial score (nSPS) is 12.9. The number of sulfone groups is 2. The zero-order valence-electron chi connectivity index (χ0n) is 37.3. The van der Waals surface area contributed by atoms with Crippen molar-refractivity contribution in [3.8, 4) is 44.8 Å². The van der Waals surface area contributed by atoms with Crippen LogP contribution in [0.5, 0.6) is 0 Å². The standard InChI is InChI=1S/C51H46F6N4O4S2/c1-30(2)45-47(39-16-12-35(13-17-39)37-20-24-41(25-21-37)67(64,65)32(5)6)61-29-33(28-43(49(61)59-45)51(55,56)57)9-26-44-46(60-27-7-8-42(48(60)58-44)50(52,53)54)38-14-10-34(11-15-38)36-18-22-40(23-19-36)66(62,63)31(3)4/h7-8,10-25,27-32H,9,26H2,1-6H3. The number of pyridine rings is 2. The van der Waals surface area contributed by atoms with Crippen molar-refractivity contribution in [2.75, 3.05) is 0 Å². The Kier molecular flexibility index (Phi) is 12.3. The molecule has 0 amide bonds. The van der Waals surface area contributed by atoms with E-state index < -0.39 is 53.7 Å². The van der Waals surface area contributed by atoms with Crippen molar-refractivity contribution in [2.45, 2.75) is 92.9 Å². The molecule has 0 spiro atoms. The molecule has 16 heteroatoms. The van der Waals surface area contributed by atoms with Gasteiger partial charge in [0.1, 0.15) is 11.3 Å². The van der Waals surface area contributed by atoms with Crippen LogP contribution in [-0.2, 0) is 44.9 Å². The second-order valence-electron chi connectivity index (χ2n) is 17.4. The average molecular weight is 957 g/mol. The van der Waals surface area contributed by atoms with Gasteiger partial charge in [-0.15, -0.1) is 0 Å². The van der Waals surface area contributed by atoms with Crippen molar-refractivity contribution < 1.29 is 43.2 Å². The predicted molar refractivity (Wildman–Crippen MR) is 248 cm³/mol. The first-order valence-electron chi connectivity index (χ1n) is 21.6. The average Bonchev–Trinajstić information content (AvgIpc) is 3.86. The first kappa shape index (κ1) is 47.2. The van der Waals surface area contributed by atoms with Crippen LogP contribution in [0.25, 0.3) is 56.1 Å². The van der Waals surface area contributed by atoms with Gasteiger partial charge in [-0.25, -0.2) is 26.8 Å². The van der Waals surface area contributed by atoms with E-state index in [2.05, 4.69) is 9.97 Å². The first-order valence-corrected chi connectivity index (χ1v) is 24.6. The van der Waals surface area contributed by atoms with E-state index in [-0.39, 0.29) is 51.1 Å². The molecule has 0 saturated heterocycles. The van der Waals surface area contributed by atoms with Crippen LogP contribution in [0.3, 0.4) is 0 Å². The van der Waals surface area contributed by atoms with Crippen molar-refractivity contribution in [1.29, 1.82) is 0 Å². The van der Waals surface area contributed by atoms with E-state index in [1.54, 1.807) is 107 Å². The van der Waals surface area contributed by atoms with Crippen LogP contribution in [0.15, 0.2) is 137 Å². The van der Waals surface area contributed by atoms with Crippen LogP contribution in [0.4, 0.5) is 26.3 Å². The van der Waals surface area contributed by atoms with Crippen molar-refractivity contribution in [1.82, 2.24) is 18.8 Å². The molecule has 348 valence electrons. The summed E-state index contributed by atoms with van der Waals surface area (Å²) in [6.07, 6.45) is -6.57. The molecule has 8 rings (SSSR count). The van der Waals surface area contributed by atoms with E-state index in [1.807, 2.05) is 26.0 Å². The number of nitrogens with zero attached hydrogens (tertiary/aromatic N) is 4. The molecule has 67 heavy (non-hydrogen) atoms. The molecule has 0 N–H and O–H groups in total. The Morgan fingerprint density at radius 2 is 0.925 bits per heavy atom. The molecule has 8 nitrogen and oxygen atoms in total. The number of imidazole rings is 2. The second-order valence-corrected chi connectivity index (χ2v) is 22.4. The summed E-state index contributed by atoms with van der Waals surface area (Å²) >= 11 is 0. The van der Waals surface area contributed by atoms with Gasteiger partial charge >= 0.3 is 12.4 Å². The minimum Gasteiger partial charge on any atom is -0.299 e. The number of hydrogen-bond donors (Lipinski definition) is 0. The lowest BCUT2D eigenvalue weighted by molar-refractivity contribution is -0.137. The molecule has 0 bridgehead atoms. The molecule has 0 unspecified atom stereocenters. The first-order chi connectivity index (χ1) is 31.5. The Balaban J connectivity index is 1.18. The Morgan fingerprint density at radius 3 is 1.36 bits per heavy atom. The summed E-state index contributed by atoms with van der Waals surface area (Å²) < 4.78 is 142. The SMILES string of the molecule is CC(C)c1nc2c(C(F)(F)F)cc(CCc3nc4c(C(F)(F)F)cccn4c3-c3ccc(-c4ccc(S(=O)(=O)C(C)C)cc4)cc3)cn2c1-c1ccc(-c2ccc(S(=O)(=O)C(C)C)cc2)cc1. The molecule has 0 aliphatic heterocycles. The monoisotopic (exact) mass is 956 g/mol. The summed E-state index contributed by atoms with van der Waals surface area (Å²) in [5, 5.41) is -1.19. The van der Waals surface area contributed by atoms with Gasteiger partial charge in [-0.3, -0.25) is 8.80 Å². The van der Waals surface area contributed by atoms with Gasteiger partial charge in [-0.2, -0.15) is 26.3 Å². The molecule has 4 aromatic carbocycles. The second kappa shape index (κ2) is 17.4. The molecular formula is C51H46F6N4O4S2. The number of halogens is 6. The number of fused-ring (bicyclic) bond motifs is 2. The fraction of sp³-hybridized carbons (Fsp3) is 0.255. The van der Waals surface area contributed by atoms with Crippen molar-refractivity contribution in [3.05, 3.63) is 156 Å². The predicted octanol–water partition coefficient (Wildman–Crippen LogP) is 13.0. The molecule has 0 saturated carbocycles. The summed E-state index contributed by atoms with van der Waals surface area (Å²) in [4.78, 5) is 9.42. The van der Waals surface area contributed by atoms with Gasteiger partial charge in [-0.1, -0.05) is 86.6 Å². The van der Waals surface area contributed by atoms with Crippen LogP contribution in [-0.4, -0.2) is 46.1 Å². The third-order valence-electron chi connectivity index (χ3n) is 11.9. The minimum absolute atomic E-state index is 0.0301. The lowest BCUT2D eigenvalue weighted by Gasteiger charge is -2.14. The van der Waals surface area contributed by atoms with Crippen LogP contribution in [0, 0.1) is 0 Å². The van der Waals surface area contributed by atoms with Gasteiger partial charge in [0.25, 0.3) is 0 Å². The van der Waals surface area contributed by atoms with Gasteiger partial charge in [0, 0.05) is 23.5 Å². The summed E-state index contributed by atoms with van der Waals surface area (Å²) in [5.41, 5.74) is 3.16. The fourth-order valence-electron chi connectivity index (χ4n) is 8.19. The van der Waals surface area contributed by atoms with E-state index in [0.717, 1.165) is 28.8 Å². The largest absolute Gasteiger partial charge is 0.419 e. The van der Waals surface area contributed by atoms with Crippen LogP contribution >= 0.6 is 0 Å². The van der Waals surface area contributed by atoms with Gasteiger partial charge in [0.15, 0.2) is 19.7 Å². The summed E-state index contributed by atoms with van der Waals surface area (Å²) in [5.74, 6) is -0.287. The summed E-state index contributed by atoms with van der Waals surface area (Å²) in [6.45, 7) is 10.1. The molecule has 4 heterocycles. The Bertz CT molecular complexity index is 3360. The zero-order chi connectivity index (χ0) is 48.4. The van der Waals surface area contributed by atoms with E-state index in [9.17, 15) is 43.2 Å². The number of alkyl halides is 6. The maximum absolute atomic E-state index is 15.0. The molecule has 0 atom stereocenters. The van der Waals surface area contributed by atoms with Gasteiger partial charge in [0.2, 0.25) is 0 Å². The van der Waals surface area contributed by atoms with Crippen LogP contribution < -0.4 is 0 Å². The fourth-order valence-corrected chi connectivity index (χ4v) is 10.3. The number of aryl methyl sites for hydroxylation is 2. The number of aromatic nitrogens is 4. The maximum atomic E-state index is 15.0. The van der Waals surface area contributed by atoms with E-state index in [4.69, 9.17) is 0 Å². The molecular weight excluding hydrogens is 911 g/mol. The highest BCUT2D eigenvalue weighted by molar-refractivity contribution is 7.92. The topological polar surface area (TPSA) is 103 Å². The molecule has 0 aliphatic rings. The highest BCUT2D eigenvalue weighted by Gasteiger charge is 2.37. The molecule has 0 radical (unpaired) electrons. The summed E-state index contributed by atoms with van der Waals surface area (Å²) in [6, 6.07) is 30.3. The van der Waals surface area contributed by atoms with E-state index >= 15 is 0 Å². The number of rotatable bonds is 12. The smallest absolute Gasteiger partial charge is 0.299 e. The van der Waals surface area contributed by atoms with Gasteiger partial charge < -0.3 is 0 Å². The van der Waals surface area contributed by atoms with Crippen molar-refractivity contribution in [3.63, 3.8) is 0 Å². The maximum Gasteiger partial charge on any atom is 0.419 e. The zero-order valence-corrected chi connectivity index (χ0v) is 38.9. The van der Waals surface area contributed by atoms with Gasteiger partial charge in [0.05, 0.1) is 54.2 Å². The third kappa shape index (κ3) is 9.00. The lowest BCUT2D eigenvalue weighted by atomic mass is 9.99. The Labute approximate surface area is 384 Å². The molecule has 0 fully saturated rings. The summed E-state index contributed by atoms with van der Waals surface area (Å²) in [7, 11) is -6.97. The Hall–Kier alpha value is -6.26. The Morgan fingerprint density at radius 1 is 0.507 bits per heavy atom. The molecule has 0 aliphatic carbocycles. The van der Waals surface area contributed by atoms with E-state index in [1.165, 1.54) is 33.2 Å². The molecule has 8 aromatic rings. The number of benzene rings is 4. The van der Waals surface area contributed by atoms with Gasteiger partial charge in [-0.05, 0) is 117 Å². The van der Waals surface area contributed by atoms with Crippen LogP contribution in [0.1, 0.15) is 75.5 Å². The highest BCUT2D eigenvalue weighted by atomic mass is 32.2. The minimum atomic E-state index is -4.81. The lowest BCUT2D eigenvalue weighted by Crippen LogP contribution is -2.13. The van der Waals surface area contributed by atoms with Crippen molar-refractivity contribution in [2.24, 2.45) is 0 Å². The quantitative estimate of drug-likeness (QED) is 0.113. The van der Waals surface area contributed by atoms with Crippen molar-refractivity contribution >= 4 is 31.0 Å². The third-order valence-corrected chi connectivity index (χ3v) is 16.3. The van der Waals surface area contributed by atoms with Crippen LogP contribution in [0.2, 0.25) is 0 Å². The number of hydrogen-bond acceptors (Lipinski definition) is 6. The molecule has 4 aromatic heterocycles. The highest BCUT2D eigenvalue weighted by Crippen LogP contribution is 2.40. The van der Waals surface area contributed by atoms with E-state index in [0.29, 0.717) is 33.8 Å².